The lowest BCUT2D eigenvalue weighted by atomic mass is 10.2. The summed E-state index contributed by atoms with van der Waals surface area (Å²) in [6.07, 6.45) is 0. The molecule has 0 aromatic heterocycles. The molecule has 0 radical (unpaired) electrons. The normalized spacial score (nSPS) is 23.8. The Morgan fingerprint density at radius 2 is 1.62 bits per heavy atom. The largest absolute Gasteiger partial charge is 0.298 e. The van der Waals surface area contributed by atoms with E-state index >= 15 is 0 Å². The number of nitrogens with zero attached hydrogens (tertiary/aromatic N) is 2. The number of nitrogens with one attached hydrogen (secondary N) is 1. The molecule has 2 aromatic rings. The highest BCUT2D eigenvalue weighted by Crippen LogP contribution is 2.46. The molecule has 1 saturated heterocycles. The first-order chi connectivity index (χ1) is 13.7. The van der Waals surface area contributed by atoms with Crippen LogP contribution in [0.25, 0.3) is 0 Å². The van der Waals surface area contributed by atoms with Crippen LogP contribution in [0.4, 0.5) is 18.9 Å². The Morgan fingerprint density at radius 1 is 1.03 bits per heavy atom. The third-order valence-corrected chi connectivity index (χ3v) is 6.88. The molecule has 0 bridgehead atoms. The fourth-order valence-corrected chi connectivity index (χ4v) is 5.18. The van der Waals surface area contributed by atoms with Gasteiger partial charge < -0.3 is 0 Å². The Labute approximate surface area is 164 Å². The zero-order valence-electron chi connectivity index (χ0n) is 14.9. The van der Waals surface area contributed by atoms with Gasteiger partial charge in [0.2, 0.25) is 10.0 Å². The number of benzene rings is 2. The van der Waals surface area contributed by atoms with Crippen LogP contribution >= 0.6 is 0 Å². The van der Waals surface area contributed by atoms with Crippen LogP contribution in [-0.2, 0) is 16.6 Å². The number of hydrogen-bond donors (Lipinski definition) is 1. The Balaban J connectivity index is 1.36. The third kappa shape index (κ3) is 3.85. The van der Waals surface area contributed by atoms with Crippen molar-refractivity contribution in [3.63, 3.8) is 0 Å². The minimum Gasteiger partial charge on any atom is -0.298 e. The lowest BCUT2D eigenvalue weighted by molar-refractivity contribution is -0.384. The van der Waals surface area contributed by atoms with Gasteiger partial charge in [0.05, 0.1) is 9.82 Å². The van der Waals surface area contributed by atoms with Crippen molar-refractivity contribution in [2.75, 3.05) is 13.1 Å². The molecule has 1 aliphatic carbocycles. The van der Waals surface area contributed by atoms with Crippen LogP contribution in [0.5, 0.6) is 0 Å². The van der Waals surface area contributed by atoms with Crippen molar-refractivity contribution in [2.45, 2.75) is 17.5 Å². The molecule has 0 unspecified atom stereocenters. The second-order valence-corrected chi connectivity index (χ2v) is 8.99. The fraction of sp³-hybridized carbons (Fsp3) is 0.333. The van der Waals surface area contributed by atoms with E-state index in [1.807, 2.05) is 4.90 Å². The van der Waals surface area contributed by atoms with Gasteiger partial charge in [0.1, 0.15) is 5.82 Å². The molecule has 0 spiro atoms. The van der Waals surface area contributed by atoms with E-state index in [9.17, 15) is 31.7 Å². The summed E-state index contributed by atoms with van der Waals surface area (Å²) in [4.78, 5) is 11.9. The molecule has 7 nitrogen and oxygen atoms in total. The van der Waals surface area contributed by atoms with Gasteiger partial charge in [-0.3, -0.25) is 15.0 Å². The summed E-state index contributed by atoms with van der Waals surface area (Å²) in [6, 6.07) is 5.68. The number of non-ortho nitro benzene ring substituents is 1. The Hall–Kier alpha value is -2.50. The van der Waals surface area contributed by atoms with E-state index in [1.54, 1.807) is 0 Å². The zero-order valence-corrected chi connectivity index (χ0v) is 15.7. The molecular formula is C18H16F3N3O4S. The van der Waals surface area contributed by atoms with Gasteiger partial charge in [0, 0.05) is 49.4 Å². The number of halogens is 3. The molecule has 11 heteroatoms. The molecule has 2 aliphatic rings. The molecule has 3 atom stereocenters. The molecule has 1 aliphatic heterocycles. The summed E-state index contributed by atoms with van der Waals surface area (Å²) < 4.78 is 67.7. The maximum Gasteiger partial charge on any atom is 0.269 e. The first-order valence-corrected chi connectivity index (χ1v) is 10.3. The number of fused-ring (bicyclic) bond motifs is 1. The van der Waals surface area contributed by atoms with Crippen LogP contribution in [0.2, 0.25) is 0 Å². The maximum absolute atomic E-state index is 13.8. The fourth-order valence-electron chi connectivity index (χ4n) is 3.84. The van der Waals surface area contributed by atoms with Gasteiger partial charge in [-0.05, 0) is 30.0 Å². The highest BCUT2D eigenvalue weighted by molar-refractivity contribution is 7.89. The van der Waals surface area contributed by atoms with Crippen LogP contribution < -0.4 is 4.72 Å². The van der Waals surface area contributed by atoms with E-state index in [4.69, 9.17) is 0 Å². The van der Waals surface area contributed by atoms with E-state index in [0.29, 0.717) is 19.2 Å². The predicted octanol–water partition coefficient (Wildman–Crippen LogP) is 2.42. The van der Waals surface area contributed by atoms with E-state index < -0.39 is 32.4 Å². The number of nitro groups is 1. The summed E-state index contributed by atoms with van der Waals surface area (Å²) in [5, 5.41) is 10.7. The number of hydrogen-bond acceptors (Lipinski definition) is 5. The quantitative estimate of drug-likeness (QED) is 0.434. The van der Waals surface area contributed by atoms with Crippen molar-refractivity contribution < 1.29 is 26.5 Å². The molecular weight excluding hydrogens is 411 g/mol. The summed E-state index contributed by atoms with van der Waals surface area (Å²) in [5.41, 5.74) is -0.152. The van der Waals surface area contributed by atoms with E-state index in [-0.39, 0.29) is 40.6 Å². The average molecular weight is 427 g/mol. The van der Waals surface area contributed by atoms with Crippen molar-refractivity contribution >= 4 is 15.7 Å². The van der Waals surface area contributed by atoms with Gasteiger partial charge in [-0.1, -0.05) is 0 Å². The third-order valence-electron chi connectivity index (χ3n) is 5.40. The Bertz CT molecular complexity index is 1070. The molecule has 4 rings (SSSR count). The molecule has 0 amide bonds. The Morgan fingerprint density at radius 3 is 2.21 bits per heavy atom. The SMILES string of the molecule is O=[N+]([O-])c1ccc(S(=O)(=O)N[C@H]2[C@@H]3CN(Cc4cc(F)c(F)cc4F)C[C@@H]32)cc1. The number of rotatable bonds is 6. The number of nitro benzene ring substituents is 1. The average Bonchev–Trinajstić information content (AvgIpc) is 3.09. The van der Waals surface area contributed by atoms with Gasteiger partial charge >= 0.3 is 0 Å². The van der Waals surface area contributed by atoms with Crippen LogP contribution in [0.15, 0.2) is 41.3 Å². The van der Waals surface area contributed by atoms with Crippen LogP contribution in [-0.4, -0.2) is 37.4 Å². The number of piperidine rings is 1. The van der Waals surface area contributed by atoms with Crippen LogP contribution in [0.3, 0.4) is 0 Å². The number of likely N-dealkylation sites (tertiary alicyclic amines) is 1. The lowest BCUT2D eigenvalue weighted by Crippen LogP contribution is -2.34. The first kappa shape index (κ1) is 19.8. The smallest absolute Gasteiger partial charge is 0.269 e. The van der Waals surface area contributed by atoms with Crippen LogP contribution in [0, 0.1) is 39.4 Å². The molecule has 29 heavy (non-hydrogen) atoms. The van der Waals surface area contributed by atoms with Crippen molar-refractivity contribution in [2.24, 2.45) is 11.8 Å². The summed E-state index contributed by atoms with van der Waals surface area (Å²) in [5.74, 6) is -3.09. The second kappa shape index (κ2) is 7.08. The molecule has 1 saturated carbocycles. The van der Waals surface area contributed by atoms with Crippen molar-refractivity contribution in [1.29, 1.82) is 0 Å². The monoisotopic (exact) mass is 427 g/mol. The zero-order chi connectivity index (χ0) is 20.9. The molecule has 2 fully saturated rings. The topological polar surface area (TPSA) is 92.5 Å². The molecule has 154 valence electrons. The Kier molecular flexibility index (Phi) is 4.83. The van der Waals surface area contributed by atoms with Gasteiger partial charge in [0.15, 0.2) is 11.6 Å². The van der Waals surface area contributed by atoms with Gasteiger partial charge in [-0.15, -0.1) is 0 Å². The summed E-state index contributed by atoms with van der Waals surface area (Å²) >= 11 is 0. The van der Waals surface area contributed by atoms with Crippen molar-refractivity contribution in [3.05, 3.63) is 69.5 Å². The summed E-state index contributed by atoms with van der Waals surface area (Å²) in [7, 11) is -3.82. The van der Waals surface area contributed by atoms with E-state index in [0.717, 1.165) is 18.2 Å². The summed E-state index contributed by atoms with van der Waals surface area (Å²) in [6.45, 7) is 1.10. The highest BCUT2D eigenvalue weighted by Gasteiger charge is 2.57. The minimum absolute atomic E-state index is 0.0381. The molecule has 1 heterocycles. The first-order valence-electron chi connectivity index (χ1n) is 8.78. The highest BCUT2D eigenvalue weighted by atomic mass is 32.2. The second-order valence-electron chi connectivity index (χ2n) is 7.28. The minimum atomic E-state index is -3.82. The number of sulfonamides is 1. The molecule has 2 aromatic carbocycles. The van der Waals surface area contributed by atoms with Gasteiger partial charge in [-0.25, -0.2) is 26.3 Å². The van der Waals surface area contributed by atoms with Crippen molar-refractivity contribution in [1.82, 2.24) is 9.62 Å². The maximum atomic E-state index is 13.8. The van der Waals surface area contributed by atoms with Gasteiger partial charge in [0.25, 0.3) is 5.69 Å². The van der Waals surface area contributed by atoms with E-state index in [1.165, 1.54) is 12.1 Å². The standard InChI is InChI=1S/C18H16F3N3O4S/c19-15-6-17(21)16(20)5-10(15)7-23-8-13-14(9-23)18(13)22-29(27,28)12-3-1-11(2-4-12)24(25)26/h1-6,13-14,18,22H,7-9H2/t13-,14+,18+. The van der Waals surface area contributed by atoms with Crippen molar-refractivity contribution in [3.8, 4) is 0 Å². The van der Waals surface area contributed by atoms with Crippen LogP contribution in [0.1, 0.15) is 5.56 Å². The van der Waals surface area contributed by atoms with E-state index in [2.05, 4.69) is 4.72 Å². The molecule has 1 N–H and O–H groups in total. The van der Waals surface area contributed by atoms with Gasteiger partial charge in [-0.2, -0.15) is 0 Å². The lowest BCUT2D eigenvalue weighted by Gasteiger charge is -2.20. The predicted molar refractivity (Wildman–Crippen MR) is 95.8 cm³/mol.